The maximum absolute atomic E-state index is 14.0. The maximum atomic E-state index is 14.0. The molecule has 0 amide bonds. The van der Waals surface area contributed by atoms with E-state index in [1.54, 1.807) is 0 Å². The van der Waals surface area contributed by atoms with Crippen LogP contribution in [0.15, 0.2) is 36.4 Å². The summed E-state index contributed by atoms with van der Waals surface area (Å²) in [6.07, 6.45) is 1.57. The molecule has 1 nitrogen and oxygen atoms in total. The zero-order valence-corrected chi connectivity index (χ0v) is 14.9. The van der Waals surface area contributed by atoms with Gasteiger partial charge in [-0.15, -0.1) is 0 Å². The number of piperidine rings is 1. The summed E-state index contributed by atoms with van der Waals surface area (Å²) in [5.41, 5.74) is 1.40. The average molecular weight is 370 g/mol. The number of halogens is 4. The van der Waals surface area contributed by atoms with E-state index in [1.807, 2.05) is 18.2 Å². The van der Waals surface area contributed by atoms with Gasteiger partial charge in [-0.25, -0.2) is 8.78 Å². The van der Waals surface area contributed by atoms with Crippen molar-refractivity contribution < 1.29 is 8.78 Å². The molecule has 1 heterocycles. The second-order valence-corrected chi connectivity index (χ2v) is 7.44. The lowest BCUT2D eigenvalue weighted by molar-refractivity contribution is 0.331. The minimum atomic E-state index is -0.544. The van der Waals surface area contributed by atoms with Crippen LogP contribution in [0.4, 0.5) is 14.5 Å². The second-order valence-electron chi connectivity index (χ2n) is 6.62. The summed E-state index contributed by atoms with van der Waals surface area (Å²) < 4.78 is 27.0. The van der Waals surface area contributed by atoms with Crippen LogP contribution < -0.4 is 4.90 Å². The predicted molar refractivity (Wildman–Crippen MR) is 96.0 cm³/mol. The summed E-state index contributed by atoms with van der Waals surface area (Å²) in [7, 11) is 0. The molecule has 0 bridgehead atoms. The van der Waals surface area contributed by atoms with Crippen molar-refractivity contribution in [3.63, 3.8) is 0 Å². The van der Waals surface area contributed by atoms with Crippen molar-refractivity contribution in [2.75, 3.05) is 18.0 Å². The number of nitrogens with zero attached hydrogens (tertiary/aromatic N) is 1. The molecule has 0 unspecified atom stereocenters. The van der Waals surface area contributed by atoms with Crippen molar-refractivity contribution in [2.24, 2.45) is 11.8 Å². The highest BCUT2D eigenvalue weighted by Crippen LogP contribution is 2.37. The first-order valence-corrected chi connectivity index (χ1v) is 8.82. The molecule has 0 aromatic heterocycles. The zero-order chi connectivity index (χ0) is 17.3. The molecular weight excluding hydrogens is 351 g/mol. The Morgan fingerprint density at radius 2 is 1.79 bits per heavy atom. The SMILES string of the molecule is C[C@@H]1C[C@H](Cc2ccc(F)cc2F)CN(c2c(Cl)cccc2Cl)C1. The summed E-state index contributed by atoms with van der Waals surface area (Å²) >= 11 is 12.7. The summed E-state index contributed by atoms with van der Waals surface area (Å²) in [6, 6.07) is 9.29. The molecule has 2 atom stereocenters. The molecule has 0 saturated carbocycles. The normalized spacial score (nSPS) is 21.1. The van der Waals surface area contributed by atoms with Crippen LogP contribution in [0.5, 0.6) is 0 Å². The first-order chi connectivity index (χ1) is 11.4. The first kappa shape index (κ1) is 17.5. The topological polar surface area (TPSA) is 3.24 Å². The fourth-order valence-electron chi connectivity index (χ4n) is 3.60. The molecule has 5 heteroatoms. The van der Waals surface area contributed by atoms with Gasteiger partial charge in [0, 0.05) is 19.2 Å². The van der Waals surface area contributed by atoms with E-state index in [-0.39, 0.29) is 5.92 Å². The second kappa shape index (κ2) is 7.28. The van der Waals surface area contributed by atoms with Crippen LogP contribution in [-0.4, -0.2) is 13.1 Å². The molecule has 1 fully saturated rings. The highest BCUT2D eigenvalue weighted by atomic mass is 35.5. The molecule has 0 radical (unpaired) electrons. The van der Waals surface area contributed by atoms with Gasteiger partial charge in [0.15, 0.2) is 0 Å². The van der Waals surface area contributed by atoms with E-state index >= 15 is 0 Å². The monoisotopic (exact) mass is 369 g/mol. The van der Waals surface area contributed by atoms with Crippen LogP contribution >= 0.6 is 23.2 Å². The standard InChI is InChI=1S/C19H19Cl2F2N/c1-12-7-13(8-14-5-6-15(22)9-18(14)23)11-24(10-12)19-16(20)3-2-4-17(19)21/h2-6,9,12-13H,7-8,10-11H2,1H3/t12-,13-/m1/s1. The Hall–Kier alpha value is -1.32. The van der Waals surface area contributed by atoms with Gasteiger partial charge in [0.2, 0.25) is 0 Å². The van der Waals surface area contributed by atoms with Gasteiger partial charge in [0.05, 0.1) is 15.7 Å². The summed E-state index contributed by atoms with van der Waals surface area (Å²) in [5.74, 6) is -0.311. The van der Waals surface area contributed by atoms with Crippen molar-refractivity contribution in [1.29, 1.82) is 0 Å². The fourth-order valence-corrected chi connectivity index (χ4v) is 4.24. The third-order valence-electron chi connectivity index (χ3n) is 4.52. The molecule has 1 aliphatic heterocycles. The van der Waals surface area contributed by atoms with Crippen molar-refractivity contribution in [2.45, 2.75) is 19.8 Å². The van der Waals surface area contributed by atoms with Gasteiger partial charge in [-0.3, -0.25) is 0 Å². The molecule has 0 aliphatic carbocycles. The van der Waals surface area contributed by atoms with Gasteiger partial charge in [0.1, 0.15) is 11.6 Å². The van der Waals surface area contributed by atoms with E-state index in [1.165, 1.54) is 12.1 Å². The van der Waals surface area contributed by atoms with E-state index < -0.39 is 11.6 Å². The van der Waals surface area contributed by atoms with Gasteiger partial charge in [-0.1, -0.05) is 42.3 Å². The molecule has 128 valence electrons. The van der Waals surface area contributed by atoms with Crippen molar-refractivity contribution in [3.05, 3.63) is 63.6 Å². The van der Waals surface area contributed by atoms with Crippen molar-refractivity contribution in [3.8, 4) is 0 Å². The Morgan fingerprint density at radius 1 is 1.08 bits per heavy atom. The third kappa shape index (κ3) is 3.84. The van der Waals surface area contributed by atoms with Gasteiger partial charge in [-0.2, -0.15) is 0 Å². The Labute approximate surface area is 151 Å². The fraction of sp³-hybridized carbons (Fsp3) is 0.368. The molecule has 2 aromatic rings. The quantitative estimate of drug-likeness (QED) is 0.643. The van der Waals surface area contributed by atoms with E-state index in [0.29, 0.717) is 27.9 Å². The van der Waals surface area contributed by atoms with Crippen molar-refractivity contribution in [1.82, 2.24) is 0 Å². The molecule has 3 rings (SSSR count). The maximum Gasteiger partial charge on any atom is 0.129 e. The Bertz CT molecular complexity index is 715. The van der Waals surface area contributed by atoms with Crippen LogP contribution in [-0.2, 0) is 6.42 Å². The largest absolute Gasteiger partial charge is 0.369 e. The highest BCUT2D eigenvalue weighted by molar-refractivity contribution is 6.39. The van der Waals surface area contributed by atoms with E-state index in [0.717, 1.165) is 31.3 Å². The lowest BCUT2D eigenvalue weighted by Crippen LogP contribution is -2.40. The van der Waals surface area contributed by atoms with Crippen LogP contribution in [0, 0.1) is 23.5 Å². The number of para-hydroxylation sites is 1. The van der Waals surface area contributed by atoms with Crippen LogP contribution in [0.25, 0.3) is 0 Å². The smallest absolute Gasteiger partial charge is 0.129 e. The Balaban J connectivity index is 1.81. The van der Waals surface area contributed by atoms with Crippen LogP contribution in [0.1, 0.15) is 18.9 Å². The van der Waals surface area contributed by atoms with Gasteiger partial charge >= 0.3 is 0 Å². The van der Waals surface area contributed by atoms with Gasteiger partial charge in [-0.05, 0) is 48.4 Å². The summed E-state index contributed by atoms with van der Waals surface area (Å²) in [6.45, 7) is 3.79. The molecule has 1 aliphatic rings. The van der Waals surface area contributed by atoms with E-state index in [4.69, 9.17) is 23.2 Å². The lowest BCUT2D eigenvalue weighted by Gasteiger charge is -2.39. The predicted octanol–water partition coefficient (Wildman–Crippen LogP) is 5.98. The van der Waals surface area contributed by atoms with Gasteiger partial charge in [0.25, 0.3) is 0 Å². The van der Waals surface area contributed by atoms with Crippen LogP contribution in [0.2, 0.25) is 10.0 Å². The van der Waals surface area contributed by atoms with Crippen molar-refractivity contribution >= 4 is 28.9 Å². The molecule has 0 N–H and O–H groups in total. The minimum Gasteiger partial charge on any atom is -0.369 e. The number of benzene rings is 2. The lowest BCUT2D eigenvalue weighted by atomic mass is 9.85. The van der Waals surface area contributed by atoms with Crippen LogP contribution in [0.3, 0.4) is 0 Å². The molecule has 0 spiro atoms. The number of hydrogen-bond acceptors (Lipinski definition) is 1. The highest BCUT2D eigenvalue weighted by Gasteiger charge is 2.28. The molecule has 2 aromatic carbocycles. The third-order valence-corrected chi connectivity index (χ3v) is 5.13. The average Bonchev–Trinajstić information content (AvgIpc) is 2.49. The zero-order valence-electron chi connectivity index (χ0n) is 13.4. The minimum absolute atomic E-state index is 0.265. The number of anilines is 1. The van der Waals surface area contributed by atoms with E-state index in [9.17, 15) is 8.78 Å². The molecular formula is C19H19Cl2F2N. The Morgan fingerprint density at radius 3 is 2.46 bits per heavy atom. The summed E-state index contributed by atoms with van der Waals surface area (Å²) in [5, 5.41) is 1.26. The summed E-state index contributed by atoms with van der Waals surface area (Å²) in [4.78, 5) is 2.19. The van der Waals surface area contributed by atoms with E-state index in [2.05, 4.69) is 11.8 Å². The molecule has 1 saturated heterocycles. The molecule has 24 heavy (non-hydrogen) atoms. The first-order valence-electron chi connectivity index (χ1n) is 8.07. The Kier molecular flexibility index (Phi) is 5.31. The van der Waals surface area contributed by atoms with Gasteiger partial charge < -0.3 is 4.90 Å². The number of hydrogen-bond donors (Lipinski definition) is 0. The number of rotatable bonds is 3.